The molecule has 0 unspecified atom stereocenters. The van der Waals surface area contributed by atoms with E-state index in [0.717, 1.165) is 11.5 Å². The minimum atomic E-state index is -0.480. The van der Waals surface area contributed by atoms with E-state index in [1.165, 1.54) is 0 Å². The van der Waals surface area contributed by atoms with Crippen molar-refractivity contribution in [1.29, 1.82) is 0 Å². The molecule has 2 aromatic heterocycles. The molecule has 3 heterocycles. The van der Waals surface area contributed by atoms with Gasteiger partial charge in [0.25, 0.3) is 0 Å². The predicted molar refractivity (Wildman–Crippen MR) is 91.6 cm³/mol. The molecule has 0 bridgehead atoms. The van der Waals surface area contributed by atoms with E-state index in [-0.39, 0.29) is 0 Å². The summed E-state index contributed by atoms with van der Waals surface area (Å²) in [6.45, 7) is 1.83. The number of hydrogen-bond acceptors (Lipinski definition) is 6. The van der Waals surface area contributed by atoms with Gasteiger partial charge in [-0.3, -0.25) is 4.98 Å². The lowest BCUT2D eigenvalue weighted by atomic mass is 10.0. The van der Waals surface area contributed by atoms with Crippen LogP contribution in [0.5, 0.6) is 0 Å². The molecule has 0 aromatic carbocycles. The number of carbonyl (C=O) groups is 1. The molecule has 0 amide bonds. The molecule has 3 rings (SSSR count). The third kappa shape index (κ3) is 3.12. The molecule has 24 heavy (non-hydrogen) atoms. The van der Waals surface area contributed by atoms with Crippen molar-refractivity contribution < 1.29 is 14.0 Å². The second kappa shape index (κ2) is 6.54. The standard InChI is InChI=1S/C18H17N3O3/c1-12(7-8-13-9-10-15(23-13)21(2)3)16-17(20-24-18(16)22)14-6-4-5-11-19-14/h4-11H,1-3H3/b8-7?,16-12+. The van der Waals surface area contributed by atoms with Crippen molar-refractivity contribution in [1.82, 2.24) is 4.98 Å². The van der Waals surface area contributed by atoms with Crippen LogP contribution in [0.4, 0.5) is 5.88 Å². The molecule has 1 aliphatic heterocycles. The number of anilines is 1. The van der Waals surface area contributed by atoms with E-state index >= 15 is 0 Å². The minimum absolute atomic E-state index is 0.407. The van der Waals surface area contributed by atoms with E-state index in [0.29, 0.717) is 22.7 Å². The molecule has 2 aromatic rings. The molecule has 0 atom stereocenters. The van der Waals surface area contributed by atoms with Gasteiger partial charge in [0.2, 0.25) is 0 Å². The van der Waals surface area contributed by atoms with E-state index in [1.807, 2.05) is 44.1 Å². The average molecular weight is 323 g/mol. The zero-order valence-corrected chi connectivity index (χ0v) is 13.7. The number of furan rings is 1. The summed E-state index contributed by atoms with van der Waals surface area (Å²) in [6.07, 6.45) is 5.25. The highest BCUT2D eigenvalue weighted by Gasteiger charge is 2.29. The van der Waals surface area contributed by atoms with Crippen molar-refractivity contribution in [3.8, 4) is 0 Å². The molecule has 0 fully saturated rings. The summed E-state index contributed by atoms with van der Waals surface area (Å²) in [4.78, 5) is 22.9. The van der Waals surface area contributed by atoms with Crippen LogP contribution in [0.3, 0.4) is 0 Å². The lowest BCUT2D eigenvalue weighted by molar-refractivity contribution is -0.136. The number of allylic oxidation sites excluding steroid dienone is 2. The van der Waals surface area contributed by atoms with E-state index in [2.05, 4.69) is 10.1 Å². The van der Waals surface area contributed by atoms with Crippen molar-refractivity contribution in [2.45, 2.75) is 6.92 Å². The van der Waals surface area contributed by atoms with E-state index in [4.69, 9.17) is 9.25 Å². The highest BCUT2D eigenvalue weighted by Crippen LogP contribution is 2.22. The summed E-state index contributed by atoms with van der Waals surface area (Å²) in [5.41, 5.74) is 2.17. The lowest BCUT2D eigenvalue weighted by Crippen LogP contribution is -2.10. The molecule has 0 saturated heterocycles. The predicted octanol–water partition coefficient (Wildman–Crippen LogP) is 3.03. The fourth-order valence-electron chi connectivity index (χ4n) is 2.26. The Kier molecular flexibility index (Phi) is 4.29. The molecule has 6 heteroatoms. The average Bonchev–Trinajstić information content (AvgIpc) is 3.20. The summed E-state index contributed by atoms with van der Waals surface area (Å²) in [7, 11) is 3.81. The lowest BCUT2D eigenvalue weighted by Gasteiger charge is -2.05. The van der Waals surface area contributed by atoms with Gasteiger partial charge in [-0.15, -0.1) is 0 Å². The summed E-state index contributed by atoms with van der Waals surface area (Å²) in [6, 6.07) is 9.17. The second-order valence-corrected chi connectivity index (χ2v) is 5.50. The Morgan fingerprint density at radius 1 is 1.21 bits per heavy atom. The van der Waals surface area contributed by atoms with Crippen LogP contribution >= 0.6 is 0 Å². The first-order valence-electron chi connectivity index (χ1n) is 7.43. The van der Waals surface area contributed by atoms with Crippen molar-refractivity contribution in [3.05, 3.63) is 65.2 Å². The summed E-state index contributed by atoms with van der Waals surface area (Å²) in [5.74, 6) is 0.975. The Labute approximate surface area is 139 Å². The Hall–Kier alpha value is -3.15. The fraction of sp³-hybridized carbons (Fsp3) is 0.167. The first kappa shape index (κ1) is 15.7. The maximum absolute atomic E-state index is 12.0. The largest absolute Gasteiger partial charge is 0.441 e. The second-order valence-electron chi connectivity index (χ2n) is 5.50. The van der Waals surface area contributed by atoms with E-state index in [9.17, 15) is 4.79 Å². The van der Waals surface area contributed by atoms with Crippen molar-refractivity contribution in [2.75, 3.05) is 19.0 Å². The van der Waals surface area contributed by atoms with Crippen LogP contribution in [-0.2, 0) is 9.63 Å². The topological polar surface area (TPSA) is 67.9 Å². The molecular formula is C18H17N3O3. The highest BCUT2D eigenvalue weighted by atomic mass is 16.7. The monoisotopic (exact) mass is 323 g/mol. The van der Waals surface area contributed by atoms with Crippen molar-refractivity contribution in [2.24, 2.45) is 5.16 Å². The van der Waals surface area contributed by atoms with Gasteiger partial charge >= 0.3 is 5.97 Å². The van der Waals surface area contributed by atoms with Crippen LogP contribution in [0, 0.1) is 0 Å². The van der Waals surface area contributed by atoms with Crippen molar-refractivity contribution in [3.63, 3.8) is 0 Å². The van der Waals surface area contributed by atoms with Crippen molar-refractivity contribution >= 4 is 23.6 Å². The molecule has 0 N–H and O–H groups in total. The quantitative estimate of drug-likeness (QED) is 0.639. The van der Waals surface area contributed by atoms with Crippen LogP contribution in [0.1, 0.15) is 18.4 Å². The third-order valence-electron chi connectivity index (χ3n) is 3.51. The van der Waals surface area contributed by atoms with Gasteiger partial charge in [0.1, 0.15) is 11.5 Å². The van der Waals surface area contributed by atoms with Gasteiger partial charge in [-0.1, -0.05) is 17.3 Å². The van der Waals surface area contributed by atoms with Gasteiger partial charge in [-0.05, 0) is 36.8 Å². The Balaban J connectivity index is 1.89. The van der Waals surface area contributed by atoms with Gasteiger partial charge in [-0.25, -0.2) is 4.79 Å². The van der Waals surface area contributed by atoms with E-state index in [1.54, 1.807) is 30.5 Å². The smallest absolute Gasteiger partial charge is 0.368 e. The van der Waals surface area contributed by atoms with Gasteiger partial charge in [0, 0.05) is 26.4 Å². The molecule has 0 saturated carbocycles. The number of nitrogens with zero attached hydrogens (tertiary/aromatic N) is 3. The minimum Gasteiger partial charge on any atom is -0.441 e. The Bertz CT molecular complexity index is 845. The molecule has 6 nitrogen and oxygen atoms in total. The molecule has 0 radical (unpaired) electrons. The van der Waals surface area contributed by atoms with Crippen LogP contribution in [0.15, 0.2) is 63.3 Å². The maximum atomic E-state index is 12.0. The van der Waals surface area contributed by atoms with Crippen LogP contribution < -0.4 is 4.90 Å². The summed E-state index contributed by atoms with van der Waals surface area (Å²) in [5, 5.41) is 3.85. The zero-order valence-electron chi connectivity index (χ0n) is 13.7. The Morgan fingerprint density at radius 2 is 2.04 bits per heavy atom. The Morgan fingerprint density at radius 3 is 2.71 bits per heavy atom. The third-order valence-corrected chi connectivity index (χ3v) is 3.51. The fourth-order valence-corrected chi connectivity index (χ4v) is 2.26. The number of hydrogen-bond donors (Lipinski definition) is 0. The molecule has 0 aliphatic carbocycles. The number of oxime groups is 1. The number of rotatable bonds is 4. The normalized spacial score (nSPS) is 16.3. The van der Waals surface area contributed by atoms with Gasteiger partial charge in [0.05, 0.1) is 11.3 Å². The van der Waals surface area contributed by atoms with Gasteiger partial charge < -0.3 is 14.2 Å². The molecular weight excluding hydrogens is 306 g/mol. The molecule has 122 valence electrons. The SMILES string of the molecule is C/C(C=Cc1ccc(N(C)C)o1)=C1\C(=O)ON=C1c1ccccn1. The van der Waals surface area contributed by atoms with E-state index < -0.39 is 5.97 Å². The first-order valence-corrected chi connectivity index (χ1v) is 7.43. The number of aromatic nitrogens is 1. The van der Waals surface area contributed by atoms with Gasteiger partial charge in [0.15, 0.2) is 5.88 Å². The zero-order chi connectivity index (χ0) is 17.1. The van der Waals surface area contributed by atoms with Gasteiger partial charge in [-0.2, -0.15) is 0 Å². The molecule has 0 spiro atoms. The van der Waals surface area contributed by atoms with Crippen LogP contribution in [-0.4, -0.2) is 30.8 Å². The van der Waals surface area contributed by atoms with Crippen LogP contribution in [0.2, 0.25) is 0 Å². The summed E-state index contributed by atoms with van der Waals surface area (Å²) < 4.78 is 5.65. The first-order chi connectivity index (χ1) is 11.6. The number of pyridine rings is 1. The number of carbonyl (C=O) groups excluding carboxylic acids is 1. The highest BCUT2D eigenvalue weighted by molar-refractivity contribution is 6.28. The molecule has 1 aliphatic rings. The van der Waals surface area contributed by atoms with Crippen LogP contribution in [0.25, 0.3) is 6.08 Å². The summed E-state index contributed by atoms with van der Waals surface area (Å²) >= 11 is 0. The maximum Gasteiger partial charge on any atom is 0.368 e.